The average Bonchev–Trinajstić information content (AvgIpc) is 2.79. The first kappa shape index (κ1) is 21.8. The van der Waals surface area contributed by atoms with Crippen LogP contribution in [0.3, 0.4) is 0 Å². The Bertz CT molecular complexity index is 936. The fourth-order valence-corrected chi connectivity index (χ4v) is 3.99. The molecule has 0 atom stereocenters. The Morgan fingerprint density at radius 3 is 1.87 bits per heavy atom. The van der Waals surface area contributed by atoms with Crippen LogP contribution in [0.2, 0.25) is 0 Å². The van der Waals surface area contributed by atoms with Gasteiger partial charge >= 0.3 is 0 Å². The molecule has 3 rings (SSSR count). The van der Waals surface area contributed by atoms with Crippen LogP contribution in [0.15, 0.2) is 60.7 Å². The largest absolute Gasteiger partial charge is 0.494 e. The van der Waals surface area contributed by atoms with Crippen LogP contribution >= 0.6 is 0 Å². The van der Waals surface area contributed by atoms with Crippen molar-refractivity contribution in [3.63, 3.8) is 0 Å². The van der Waals surface area contributed by atoms with Crippen molar-refractivity contribution in [3.05, 3.63) is 66.2 Å². The highest BCUT2D eigenvalue weighted by molar-refractivity contribution is 5.95. The summed E-state index contributed by atoms with van der Waals surface area (Å²) < 4.78 is 12.3. The number of rotatable bonds is 10. The molecular weight excluding hydrogens is 370 g/mol. The third-order valence-electron chi connectivity index (χ3n) is 5.47. The number of nitrogens with two attached hydrogens (primary N) is 1. The van der Waals surface area contributed by atoms with Gasteiger partial charge in [-0.3, -0.25) is 0 Å². The summed E-state index contributed by atoms with van der Waals surface area (Å²) in [5, 5.41) is 0. The average molecular weight is 404 g/mol. The van der Waals surface area contributed by atoms with E-state index in [1.54, 1.807) is 7.11 Å². The lowest BCUT2D eigenvalue weighted by molar-refractivity contribution is 0.303. The maximum Gasteiger partial charge on any atom is 0.150 e. The normalized spacial score (nSPS) is 10.8. The van der Waals surface area contributed by atoms with E-state index in [1.165, 1.54) is 19.3 Å². The molecule has 0 fully saturated rings. The lowest BCUT2D eigenvalue weighted by Crippen LogP contribution is -2.08. The van der Waals surface area contributed by atoms with Crippen molar-refractivity contribution in [1.82, 2.24) is 0 Å². The van der Waals surface area contributed by atoms with Gasteiger partial charge in [0.15, 0.2) is 5.75 Å². The van der Waals surface area contributed by atoms with E-state index in [9.17, 15) is 0 Å². The Balaban J connectivity index is 2.20. The minimum absolute atomic E-state index is 0.628. The van der Waals surface area contributed by atoms with E-state index in [2.05, 4.69) is 38.1 Å². The van der Waals surface area contributed by atoms with Crippen LogP contribution in [-0.2, 0) is 6.42 Å². The maximum absolute atomic E-state index is 6.74. The smallest absolute Gasteiger partial charge is 0.150 e. The zero-order valence-electron chi connectivity index (χ0n) is 18.4. The molecule has 0 aromatic heterocycles. The fourth-order valence-electron chi connectivity index (χ4n) is 3.99. The molecular formula is C27H33NO2. The Morgan fingerprint density at radius 1 is 0.733 bits per heavy atom. The van der Waals surface area contributed by atoms with Crippen LogP contribution < -0.4 is 15.2 Å². The summed E-state index contributed by atoms with van der Waals surface area (Å²) in [6.07, 6.45) is 5.48. The van der Waals surface area contributed by atoms with E-state index in [0.717, 1.165) is 52.2 Å². The van der Waals surface area contributed by atoms with Crippen LogP contribution in [0.25, 0.3) is 22.3 Å². The molecule has 158 valence electrons. The summed E-state index contributed by atoms with van der Waals surface area (Å²) in [5.41, 5.74) is 12.6. The van der Waals surface area contributed by atoms with Crippen molar-refractivity contribution in [1.29, 1.82) is 0 Å². The molecule has 2 N–H and O–H groups in total. The molecule has 0 aliphatic rings. The molecule has 3 nitrogen and oxygen atoms in total. The highest BCUT2D eigenvalue weighted by Gasteiger charge is 2.25. The number of benzene rings is 3. The van der Waals surface area contributed by atoms with Gasteiger partial charge in [-0.15, -0.1) is 0 Å². The third-order valence-corrected chi connectivity index (χ3v) is 5.47. The summed E-state index contributed by atoms with van der Waals surface area (Å²) in [5.74, 6) is 1.60. The molecule has 0 spiro atoms. The minimum Gasteiger partial charge on any atom is -0.494 e. The molecule has 0 aliphatic carbocycles. The van der Waals surface area contributed by atoms with Gasteiger partial charge in [-0.2, -0.15) is 0 Å². The van der Waals surface area contributed by atoms with Crippen molar-refractivity contribution in [3.8, 4) is 33.8 Å². The third kappa shape index (κ3) is 4.62. The molecule has 0 bridgehead atoms. The topological polar surface area (TPSA) is 44.5 Å². The van der Waals surface area contributed by atoms with E-state index < -0.39 is 0 Å². The number of ether oxygens (including phenoxy) is 2. The van der Waals surface area contributed by atoms with Crippen molar-refractivity contribution in [2.75, 3.05) is 19.5 Å². The number of unbranched alkanes of at least 4 members (excludes halogenated alkanes) is 3. The summed E-state index contributed by atoms with van der Waals surface area (Å²) in [7, 11) is 1.69. The van der Waals surface area contributed by atoms with Crippen molar-refractivity contribution in [2.24, 2.45) is 0 Å². The molecule has 3 heteroatoms. The maximum atomic E-state index is 6.74. The second-order valence-electron chi connectivity index (χ2n) is 7.50. The molecule has 3 aromatic carbocycles. The first-order chi connectivity index (χ1) is 14.7. The number of nitrogen functional groups attached to an aromatic ring is 1. The lowest BCUT2D eigenvalue weighted by atomic mass is 9.89. The summed E-state index contributed by atoms with van der Waals surface area (Å²) in [6.45, 7) is 5.07. The second kappa shape index (κ2) is 10.7. The minimum atomic E-state index is 0.628. The van der Waals surface area contributed by atoms with Gasteiger partial charge in [0, 0.05) is 11.1 Å². The molecule has 0 heterocycles. The number of hydrogen-bond acceptors (Lipinski definition) is 3. The van der Waals surface area contributed by atoms with E-state index in [4.69, 9.17) is 15.2 Å². The zero-order chi connectivity index (χ0) is 21.3. The van der Waals surface area contributed by atoms with Gasteiger partial charge in [0.05, 0.1) is 25.0 Å². The molecule has 30 heavy (non-hydrogen) atoms. The van der Waals surface area contributed by atoms with Gasteiger partial charge in [0.1, 0.15) is 5.75 Å². The number of methoxy groups -OCH3 is 1. The Labute approximate surface area is 180 Å². The van der Waals surface area contributed by atoms with Crippen molar-refractivity contribution in [2.45, 2.75) is 46.0 Å². The van der Waals surface area contributed by atoms with Crippen molar-refractivity contribution < 1.29 is 9.47 Å². The van der Waals surface area contributed by atoms with E-state index in [0.29, 0.717) is 12.3 Å². The molecule has 3 aromatic rings. The number of hydrogen-bond donors (Lipinski definition) is 1. The zero-order valence-corrected chi connectivity index (χ0v) is 18.4. The number of anilines is 1. The monoisotopic (exact) mass is 403 g/mol. The Kier molecular flexibility index (Phi) is 7.78. The molecule has 0 radical (unpaired) electrons. The first-order valence-corrected chi connectivity index (χ1v) is 11.0. The second-order valence-corrected chi connectivity index (χ2v) is 7.50. The predicted molar refractivity (Wildman–Crippen MR) is 127 cm³/mol. The van der Waals surface area contributed by atoms with Gasteiger partial charge in [-0.1, -0.05) is 93.8 Å². The van der Waals surface area contributed by atoms with E-state index >= 15 is 0 Å². The molecule has 0 saturated heterocycles. The summed E-state index contributed by atoms with van der Waals surface area (Å²) >= 11 is 0. The van der Waals surface area contributed by atoms with Crippen LogP contribution in [-0.4, -0.2) is 13.7 Å². The summed E-state index contributed by atoms with van der Waals surface area (Å²) in [6, 6.07) is 20.5. The van der Waals surface area contributed by atoms with Gasteiger partial charge in [0.25, 0.3) is 0 Å². The van der Waals surface area contributed by atoms with Gasteiger partial charge in [-0.05, 0) is 24.0 Å². The highest BCUT2D eigenvalue weighted by atomic mass is 16.5. The van der Waals surface area contributed by atoms with E-state index in [-0.39, 0.29) is 0 Å². The Hall–Kier alpha value is -2.94. The van der Waals surface area contributed by atoms with Crippen LogP contribution in [0.4, 0.5) is 5.69 Å². The first-order valence-electron chi connectivity index (χ1n) is 11.0. The predicted octanol–water partition coefficient (Wildman–Crippen LogP) is 7.13. The fraction of sp³-hybridized carbons (Fsp3) is 0.333. The van der Waals surface area contributed by atoms with Crippen molar-refractivity contribution >= 4 is 5.69 Å². The highest BCUT2D eigenvalue weighted by Crippen LogP contribution is 2.50. The van der Waals surface area contributed by atoms with Gasteiger partial charge < -0.3 is 15.2 Å². The molecule has 0 saturated carbocycles. The van der Waals surface area contributed by atoms with Crippen LogP contribution in [0.1, 0.15) is 45.1 Å². The lowest BCUT2D eigenvalue weighted by Gasteiger charge is -2.24. The van der Waals surface area contributed by atoms with Gasteiger partial charge in [-0.25, -0.2) is 0 Å². The van der Waals surface area contributed by atoms with Crippen LogP contribution in [0, 0.1) is 0 Å². The quantitative estimate of drug-likeness (QED) is 0.289. The van der Waals surface area contributed by atoms with E-state index in [1.807, 2.05) is 36.4 Å². The SMILES string of the molecule is CCCCCCOc1c(CC)c(-c2ccccc2)c(OC)c(N)c1-c1ccccc1. The molecule has 0 unspecified atom stereocenters. The molecule has 0 aliphatic heterocycles. The summed E-state index contributed by atoms with van der Waals surface area (Å²) in [4.78, 5) is 0. The Morgan fingerprint density at radius 2 is 1.33 bits per heavy atom. The molecule has 0 amide bonds. The standard InChI is InChI=1S/C27H33NO2/c1-4-6-7-14-19-30-26-22(5-2)23(20-15-10-8-11-16-20)27(29-3)25(28)24(26)21-17-12-9-13-18-21/h8-13,15-18H,4-7,14,19,28H2,1-3H3. The van der Waals surface area contributed by atoms with Crippen LogP contribution in [0.5, 0.6) is 11.5 Å². The van der Waals surface area contributed by atoms with Gasteiger partial charge in [0.2, 0.25) is 0 Å².